The van der Waals surface area contributed by atoms with Gasteiger partial charge >= 0.3 is 7.12 Å². The first-order valence-electron chi connectivity index (χ1n) is 6.76. The Morgan fingerprint density at radius 2 is 2.00 bits per heavy atom. The zero-order chi connectivity index (χ0) is 15.7. The van der Waals surface area contributed by atoms with Crippen molar-refractivity contribution in [2.45, 2.75) is 45.8 Å². The molecule has 1 N–H and O–H groups in total. The Labute approximate surface area is 129 Å². The van der Waals surface area contributed by atoms with Gasteiger partial charge in [-0.05, 0) is 39.2 Å². The molecule has 6 nitrogen and oxygen atoms in total. The molecule has 0 aromatic carbocycles. The van der Waals surface area contributed by atoms with Crippen molar-refractivity contribution in [2.75, 3.05) is 5.75 Å². The fourth-order valence-corrected chi connectivity index (χ4v) is 2.41. The van der Waals surface area contributed by atoms with Crippen molar-refractivity contribution in [2.24, 2.45) is 0 Å². The summed E-state index contributed by atoms with van der Waals surface area (Å²) in [6.07, 6.45) is 3.26. The number of hydrogen-bond donors (Lipinski definition) is 1. The van der Waals surface area contributed by atoms with Crippen molar-refractivity contribution >= 4 is 30.1 Å². The van der Waals surface area contributed by atoms with Gasteiger partial charge in [-0.3, -0.25) is 9.89 Å². The highest BCUT2D eigenvalue weighted by molar-refractivity contribution is 8.13. The summed E-state index contributed by atoms with van der Waals surface area (Å²) in [5.74, 6) is 1.11. The van der Waals surface area contributed by atoms with Crippen LogP contribution in [-0.2, 0) is 14.1 Å². The molecule has 1 aliphatic heterocycles. The second-order valence-electron chi connectivity index (χ2n) is 5.96. The first-order valence-corrected chi connectivity index (χ1v) is 7.75. The second-order valence-corrected chi connectivity index (χ2v) is 7.11. The van der Waals surface area contributed by atoms with Crippen LogP contribution in [0.3, 0.4) is 0 Å². The number of rotatable bonds is 4. The summed E-state index contributed by atoms with van der Waals surface area (Å²) < 4.78 is 12.1. The Morgan fingerprint density at radius 1 is 1.38 bits per heavy atom. The van der Waals surface area contributed by atoms with Crippen molar-refractivity contribution in [3.05, 3.63) is 17.6 Å². The lowest BCUT2D eigenvalue weighted by atomic mass is 9.79. The van der Waals surface area contributed by atoms with Crippen LogP contribution in [0, 0.1) is 0 Å². The molecule has 0 spiro atoms. The number of carbonyl (C=O) groups is 1. The lowest BCUT2D eigenvalue weighted by Crippen LogP contribution is -2.41. The van der Waals surface area contributed by atoms with Crippen LogP contribution < -0.4 is 0 Å². The molecule has 1 aromatic rings. The van der Waals surface area contributed by atoms with Gasteiger partial charge in [-0.15, -0.1) is 0 Å². The van der Waals surface area contributed by atoms with Gasteiger partial charge in [0, 0.05) is 12.7 Å². The van der Waals surface area contributed by atoms with E-state index in [1.54, 1.807) is 6.92 Å². The monoisotopic (exact) mass is 309 g/mol. The molecule has 0 amide bonds. The van der Waals surface area contributed by atoms with Crippen molar-refractivity contribution in [3.8, 4) is 0 Å². The highest BCUT2D eigenvalue weighted by Gasteiger charge is 2.52. The number of nitrogens with zero attached hydrogens (tertiary/aromatic N) is 2. The standard InChI is InChI=1S/C13H20BN3O3S/c1-9(18)21-7-10(6-11-15-8-16-17-11)14-19-12(2,3)13(4,5)20-14/h6,8H,7H2,1-5H3,(H,15,16,17). The van der Waals surface area contributed by atoms with Gasteiger partial charge in [-0.25, -0.2) is 4.98 Å². The number of hydrogen-bond acceptors (Lipinski definition) is 6. The van der Waals surface area contributed by atoms with Gasteiger partial charge in [0.25, 0.3) is 0 Å². The summed E-state index contributed by atoms with van der Waals surface area (Å²) >= 11 is 1.22. The van der Waals surface area contributed by atoms with E-state index in [1.807, 2.05) is 33.8 Å². The first-order chi connectivity index (χ1) is 9.71. The Bertz CT molecular complexity index is 527. The van der Waals surface area contributed by atoms with E-state index >= 15 is 0 Å². The number of nitrogens with one attached hydrogen (secondary N) is 1. The molecule has 0 bridgehead atoms. The summed E-state index contributed by atoms with van der Waals surface area (Å²) in [5.41, 5.74) is 0.0172. The smallest absolute Gasteiger partial charge is 0.400 e. The van der Waals surface area contributed by atoms with E-state index in [9.17, 15) is 4.79 Å². The Hall–Kier alpha value is -1.12. The molecule has 0 radical (unpaired) electrons. The molecule has 1 saturated heterocycles. The SMILES string of the molecule is CC(=O)SCC(=Cc1ncn[nH]1)B1OC(C)(C)C(C)(C)O1. The van der Waals surface area contributed by atoms with E-state index in [4.69, 9.17) is 9.31 Å². The van der Waals surface area contributed by atoms with Gasteiger partial charge in [-0.2, -0.15) is 5.10 Å². The van der Waals surface area contributed by atoms with Crippen LogP contribution in [-0.4, -0.2) is 44.4 Å². The van der Waals surface area contributed by atoms with E-state index in [0.29, 0.717) is 11.6 Å². The first kappa shape index (κ1) is 16.3. The van der Waals surface area contributed by atoms with Crippen LogP contribution in [0.5, 0.6) is 0 Å². The molecule has 2 rings (SSSR count). The molecule has 8 heteroatoms. The molecular weight excluding hydrogens is 289 g/mol. The molecule has 0 atom stereocenters. The van der Waals surface area contributed by atoms with Crippen LogP contribution >= 0.6 is 11.8 Å². The normalized spacial score (nSPS) is 20.8. The van der Waals surface area contributed by atoms with Crippen LogP contribution in [0.4, 0.5) is 0 Å². The summed E-state index contributed by atoms with van der Waals surface area (Å²) in [5, 5.41) is 6.65. The summed E-state index contributed by atoms with van der Waals surface area (Å²) in [6.45, 7) is 9.53. The van der Waals surface area contributed by atoms with Crippen molar-refractivity contribution in [3.63, 3.8) is 0 Å². The van der Waals surface area contributed by atoms with Crippen molar-refractivity contribution < 1.29 is 14.1 Å². The number of carbonyl (C=O) groups excluding carboxylic acids is 1. The van der Waals surface area contributed by atoms with E-state index in [0.717, 1.165) is 5.47 Å². The second kappa shape index (κ2) is 5.94. The maximum Gasteiger partial charge on any atom is 0.491 e. The zero-order valence-corrected chi connectivity index (χ0v) is 13.8. The molecule has 0 unspecified atom stereocenters. The van der Waals surface area contributed by atoms with Gasteiger partial charge in [0.15, 0.2) is 5.12 Å². The predicted octanol–water partition coefficient (Wildman–Crippen LogP) is 2.10. The third kappa shape index (κ3) is 3.75. The topological polar surface area (TPSA) is 77.1 Å². The fraction of sp³-hybridized carbons (Fsp3) is 0.615. The molecule has 1 aromatic heterocycles. The predicted molar refractivity (Wildman–Crippen MR) is 83.6 cm³/mol. The van der Waals surface area contributed by atoms with Gasteiger partial charge in [0.1, 0.15) is 12.2 Å². The molecule has 2 heterocycles. The average Bonchev–Trinajstić information content (AvgIpc) is 2.91. The summed E-state index contributed by atoms with van der Waals surface area (Å²) in [4.78, 5) is 15.3. The Kier molecular flexibility index (Phi) is 4.60. The number of aromatic nitrogens is 3. The van der Waals surface area contributed by atoms with E-state index in [1.165, 1.54) is 18.1 Å². The summed E-state index contributed by atoms with van der Waals surface area (Å²) in [6, 6.07) is 0. The van der Waals surface area contributed by atoms with Crippen LogP contribution in [0.25, 0.3) is 6.08 Å². The highest BCUT2D eigenvalue weighted by atomic mass is 32.2. The molecule has 1 fully saturated rings. The van der Waals surface area contributed by atoms with Crippen molar-refractivity contribution in [1.29, 1.82) is 0 Å². The molecule has 1 aliphatic rings. The van der Waals surface area contributed by atoms with Crippen LogP contribution in [0.15, 0.2) is 11.8 Å². The van der Waals surface area contributed by atoms with Gasteiger partial charge in [-0.1, -0.05) is 11.8 Å². The fourth-order valence-electron chi connectivity index (χ4n) is 1.82. The lowest BCUT2D eigenvalue weighted by molar-refractivity contribution is -0.109. The number of aromatic amines is 1. The van der Waals surface area contributed by atoms with Gasteiger partial charge in [0.2, 0.25) is 0 Å². The molecule has 114 valence electrons. The molecule has 0 aliphatic carbocycles. The Balaban J connectivity index is 2.22. The lowest BCUT2D eigenvalue weighted by Gasteiger charge is -2.32. The maximum absolute atomic E-state index is 11.2. The van der Waals surface area contributed by atoms with Crippen molar-refractivity contribution in [1.82, 2.24) is 15.2 Å². The molecule has 0 saturated carbocycles. The quantitative estimate of drug-likeness (QED) is 0.858. The van der Waals surface area contributed by atoms with Gasteiger partial charge in [0.05, 0.1) is 11.2 Å². The van der Waals surface area contributed by atoms with E-state index in [2.05, 4.69) is 15.2 Å². The van der Waals surface area contributed by atoms with E-state index in [-0.39, 0.29) is 5.12 Å². The van der Waals surface area contributed by atoms with E-state index < -0.39 is 18.3 Å². The minimum absolute atomic E-state index is 0.0509. The minimum atomic E-state index is -0.494. The average molecular weight is 309 g/mol. The number of thioether (sulfide) groups is 1. The highest BCUT2D eigenvalue weighted by Crippen LogP contribution is 2.39. The molecule has 21 heavy (non-hydrogen) atoms. The molecular formula is C13H20BN3O3S. The third-order valence-electron chi connectivity index (χ3n) is 3.75. The largest absolute Gasteiger partial charge is 0.491 e. The zero-order valence-electron chi connectivity index (χ0n) is 13.0. The minimum Gasteiger partial charge on any atom is -0.400 e. The third-order valence-corrected chi connectivity index (χ3v) is 4.64. The van der Waals surface area contributed by atoms with Gasteiger partial charge < -0.3 is 9.31 Å². The number of H-pyrrole nitrogens is 1. The van der Waals surface area contributed by atoms with Crippen LogP contribution in [0.2, 0.25) is 0 Å². The van der Waals surface area contributed by atoms with Crippen LogP contribution in [0.1, 0.15) is 40.4 Å². The Morgan fingerprint density at radius 3 is 2.48 bits per heavy atom. The summed E-state index contributed by atoms with van der Waals surface area (Å²) in [7, 11) is -0.494. The maximum atomic E-state index is 11.2.